The van der Waals surface area contributed by atoms with E-state index in [1.807, 2.05) is 0 Å². The first-order valence-corrected chi connectivity index (χ1v) is 6.21. The van der Waals surface area contributed by atoms with Gasteiger partial charge in [-0.15, -0.1) is 0 Å². The van der Waals surface area contributed by atoms with Crippen LogP contribution in [0.15, 0.2) is 9.32 Å². The zero-order chi connectivity index (χ0) is 15.7. The summed E-state index contributed by atoms with van der Waals surface area (Å²) in [6, 6.07) is 0. The van der Waals surface area contributed by atoms with Crippen molar-refractivity contribution in [3.8, 4) is 0 Å². The number of amides is 1. The molecule has 21 heavy (non-hydrogen) atoms. The first-order chi connectivity index (χ1) is 9.86. The average Bonchev–Trinajstić information content (AvgIpc) is 2.83. The van der Waals surface area contributed by atoms with Gasteiger partial charge in [-0.1, -0.05) is 5.16 Å². The van der Waals surface area contributed by atoms with Gasteiger partial charge in [0.25, 0.3) is 5.56 Å². The van der Waals surface area contributed by atoms with Gasteiger partial charge in [0.05, 0.1) is 5.39 Å². The number of aryl methyl sites for hydroxylation is 1. The van der Waals surface area contributed by atoms with Crippen LogP contribution in [-0.4, -0.2) is 50.4 Å². The molecule has 9 heteroatoms. The molecule has 1 amide bonds. The third-order valence-electron chi connectivity index (χ3n) is 3.14. The van der Waals surface area contributed by atoms with Crippen molar-refractivity contribution < 1.29 is 19.2 Å². The molecule has 0 aliphatic heterocycles. The summed E-state index contributed by atoms with van der Waals surface area (Å²) in [5.41, 5.74) is -1.17. The van der Waals surface area contributed by atoms with Crippen molar-refractivity contribution in [1.82, 2.24) is 19.8 Å². The highest BCUT2D eigenvalue weighted by Crippen LogP contribution is 2.17. The Balaban J connectivity index is 2.61. The smallest absolute Gasteiger partial charge is 0.357 e. The van der Waals surface area contributed by atoms with E-state index < -0.39 is 11.5 Å². The lowest BCUT2D eigenvalue weighted by molar-refractivity contribution is -0.130. The van der Waals surface area contributed by atoms with E-state index in [2.05, 4.69) is 10.3 Å². The van der Waals surface area contributed by atoms with Crippen molar-refractivity contribution in [3.05, 3.63) is 21.8 Å². The van der Waals surface area contributed by atoms with Crippen LogP contribution in [0, 0.1) is 6.92 Å². The van der Waals surface area contributed by atoms with Gasteiger partial charge in [0.15, 0.2) is 11.2 Å². The maximum atomic E-state index is 12.2. The molecule has 0 atom stereocenters. The van der Waals surface area contributed by atoms with Crippen LogP contribution < -0.4 is 5.56 Å². The summed E-state index contributed by atoms with van der Waals surface area (Å²) in [7, 11) is 1.57. The quantitative estimate of drug-likeness (QED) is 0.834. The van der Waals surface area contributed by atoms with E-state index in [-0.39, 0.29) is 34.8 Å². The molecular formula is C12H14N4O5. The fourth-order valence-electron chi connectivity index (χ4n) is 1.82. The molecule has 2 aromatic rings. The zero-order valence-electron chi connectivity index (χ0n) is 11.8. The zero-order valence-corrected chi connectivity index (χ0v) is 11.8. The summed E-state index contributed by atoms with van der Waals surface area (Å²) >= 11 is 0. The fraction of sp³-hybridized carbons (Fsp3) is 0.417. The lowest BCUT2D eigenvalue weighted by Gasteiger charge is -2.14. The number of carboxylic acid groups (broad SMARTS) is 1. The highest BCUT2D eigenvalue weighted by atomic mass is 16.5. The number of fused-ring (bicyclic) bond motifs is 1. The van der Waals surface area contributed by atoms with Gasteiger partial charge in [-0.2, -0.15) is 5.10 Å². The number of hydrogen-bond donors (Lipinski definition) is 1. The summed E-state index contributed by atoms with van der Waals surface area (Å²) in [5, 5.41) is 16.5. The van der Waals surface area contributed by atoms with E-state index in [9.17, 15) is 19.5 Å². The van der Waals surface area contributed by atoms with Gasteiger partial charge in [-0.05, 0) is 13.8 Å². The fourth-order valence-corrected chi connectivity index (χ4v) is 1.82. The Morgan fingerprint density at radius 2 is 2.10 bits per heavy atom. The van der Waals surface area contributed by atoms with Gasteiger partial charge in [0, 0.05) is 13.6 Å². The van der Waals surface area contributed by atoms with E-state index in [0.717, 1.165) is 4.68 Å². The van der Waals surface area contributed by atoms with Crippen LogP contribution in [-0.2, 0) is 11.3 Å². The predicted molar refractivity (Wildman–Crippen MR) is 71.1 cm³/mol. The number of aromatic carboxylic acids is 1. The summed E-state index contributed by atoms with van der Waals surface area (Å²) in [4.78, 5) is 36.7. The van der Waals surface area contributed by atoms with Crippen molar-refractivity contribution in [2.24, 2.45) is 0 Å². The maximum Gasteiger partial charge on any atom is 0.357 e. The van der Waals surface area contributed by atoms with Crippen LogP contribution in [0.4, 0.5) is 0 Å². The van der Waals surface area contributed by atoms with E-state index >= 15 is 0 Å². The molecule has 0 radical (unpaired) electrons. The van der Waals surface area contributed by atoms with E-state index in [1.54, 1.807) is 14.0 Å². The molecule has 2 heterocycles. The molecule has 112 valence electrons. The van der Waals surface area contributed by atoms with Crippen molar-refractivity contribution in [2.75, 3.05) is 13.6 Å². The second kappa shape index (κ2) is 5.35. The number of rotatable bonds is 4. The Hall–Kier alpha value is -2.71. The van der Waals surface area contributed by atoms with Crippen molar-refractivity contribution in [1.29, 1.82) is 0 Å². The third-order valence-corrected chi connectivity index (χ3v) is 3.14. The molecule has 0 aromatic carbocycles. The Morgan fingerprint density at radius 3 is 2.67 bits per heavy atom. The van der Waals surface area contributed by atoms with Crippen LogP contribution in [0.25, 0.3) is 10.9 Å². The highest BCUT2D eigenvalue weighted by molar-refractivity contribution is 6.00. The molecule has 0 saturated carbocycles. The standard InChI is InChI=1S/C12H14N4O5/c1-4-15(3)7(17)5-16-11(18)9-8(6(2)21-14-9)10(13-16)12(19)20/h4-5H2,1-3H3,(H,19,20). The molecule has 2 rings (SSSR count). The average molecular weight is 294 g/mol. The molecule has 0 saturated heterocycles. The second-order valence-corrected chi connectivity index (χ2v) is 4.49. The summed E-state index contributed by atoms with van der Waals surface area (Å²) in [6.07, 6.45) is 0. The van der Waals surface area contributed by atoms with Gasteiger partial charge in [0.2, 0.25) is 5.91 Å². The monoisotopic (exact) mass is 294 g/mol. The molecule has 0 aliphatic carbocycles. The topological polar surface area (TPSA) is 119 Å². The number of likely N-dealkylation sites (N-methyl/N-ethyl adjacent to an activating group) is 1. The number of carbonyl (C=O) groups excluding carboxylic acids is 1. The number of hydrogen-bond acceptors (Lipinski definition) is 6. The minimum Gasteiger partial charge on any atom is -0.476 e. The van der Waals surface area contributed by atoms with Crippen molar-refractivity contribution in [2.45, 2.75) is 20.4 Å². The third kappa shape index (κ3) is 2.49. The number of carbonyl (C=O) groups is 2. The van der Waals surface area contributed by atoms with E-state index in [1.165, 1.54) is 11.8 Å². The molecule has 1 N–H and O–H groups in total. The second-order valence-electron chi connectivity index (χ2n) is 4.49. The Morgan fingerprint density at radius 1 is 1.43 bits per heavy atom. The Bertz CT molecular complexity index is 776. The van der Waals surface area contributed by atoms with Crippen molar-refractivity contribution in [3.63, 3.8) is 0 Å². The van der Waals surface area contributed by atoms with Crippen molar-refractivity contribution >= 4 is 22.8 Å². The number of aromatic nitrogens is 3. The molecule has 0 aliphatic rings. The largest absolute Gasteiger partial charge is 0.476 e. The number of nitrogens with zero attached hydrogens (tertiary/aromatic N) is 4. The Kier molecular flexibility index (Phi) is 3.74. The van der Waals surface area contributed by atoms with E-state index in [4.69, 9.17) is 4.52 Å². The SMILES string of the molecule is CCN(C)C(=O)Cn1nc(C(=O)O)c2c(C)onc2c1=O. The van der Waals surface area contributed by atoms with Crippen LogP contribution in [0.1, 0.15) is 23.2 Å². The van der Waals surface area contributed by atoms with Gasteiger partial charge in [-0.25, -0.2) is 9.48 Å². The minimum absolute atomic E-state index is 0.0556. The molecule has 0 spiro atoms. The first kappa shape index (κ1) is 14.7. The van der Waals surface area contributed by atoms with E-state index in [0.29, 0.717) is 6.54 Å². The Labute approximate surface area is 118 Å². The normalized spacial score (nSPS) is 10.8. The summed E-state index contributed by atoms with van der Waals surface area (Å²) < 4.78 is 5.65. The molecular weight excluding hydrogens is 280 g/mol. The van der Waals surface area contributed by atoms with Gasteiger partial charge >= 0.3 is 5.97 Å². The van der Waals surface area contributed by atoms with Crippen LogP contribution in [0.3, 0.4) is 0 Å². The molecule has 2 aromatic heterocycles. The molecule has 0 unspecified atom stereocenters. The molecule has 9 nitrogen and oxygen atoms in total. The first-order valence-electron chi connectivity index (χ1n) is 6.21. The molecule has 0 fully saturated rings. The van der Waals surface area contributed by atoms with Gasteiger partial charge < -0.3 is 14.5 Å². The lowest BCUT2D eigenvalue weighted by Crippen LogP contribution is -2.35. The molecule has 0 bridgehead atoms. The minimum atomic E-state index is -1.32. The number of carboxylic acids is 1. The van der Waals surface area contributed by atoms with Crippen LogP contribution in [0.2, 0.25) is 0 Å². The maximum absolute atomic E-state index is 12.2. The summed E-state index contributed by atoms with van der Waals surface area (Å²) in [5.74, 6) is -1.49. The van der Waals surface area contributed by atoms with Gasteiger partial charge in [-0.3, -0.25) is 9.59 Å². The van der Waals surface area contributed by atoms with Gasteiger partial charge in [0.1, 0.15) is 12.3 Å². The summed E-state index contributed by atoms with van der Waals surface area (Å²) in [6.45, 7) is 3.38. The lowest BCUT2D eigenvalue weighted by atomic mass is 10.2. The van der Waals surface area contributed by atoms with Crippen LogP contribution >= 0.6 is 0 Å². The highest BCUT2D eigenvalue weighted by Gasteiger charge is 2.23. The van der Waals surface area contributed by atoms with Crippen LogP contribution in [0.5, 0.6) is 0 Å². The predicted octanol–water partition coefficient (Wildman–Crippen LogP) is -0.131.